The van der Waals surface area contributed by atoms with Crippen molar-refractivity contribution in [2.75, 3.05) is 13.7 Å². The Kier molecular flexibility index (Phi) is 4.42. The van der Waals surface area contributed by atoms with Gasteiger partial charge in [0.2, 0.25) is 0 Å². The number of rotatable bonds is 5. The Hall–Kier alpha value is -1.29. The molecule has 0 aromatic heterocycles. The summed E-state index contributed by atoms with van der Waals surface area (Å²) in [7, 11) is 1.63. The van der Waals surface area contributed by atoms with Crippen LogP contribution in [-0.2, 0) is 0 Å². The van der Waals surface area contributed by atoms with E-state index >= 15 is 0 Å². The van der Waals surface area contributed by atoms with E-state index in [4.69, 9.17) is 27.4 Å². The Bertz CT molecular complexity index is 428. The monoisotopic (exact) mass is 265 g/mol. The maximum Gasteiger partial charge on any atom is 0.161 e. The highest BCUT2D eigenvalue weighted by atomic mass is 32.1. The Morgan fingerprint density at radius 3 is 2.67 bits per heavy atom. The van der Waals surface area contributed by atoms with Crippen LogP contribution in [0.15, 0.2) is 18.2 Å². The van der Waals surface area contributed by atoms with E-state index in [0.717, 1.165) is 17.9 Å². The maximum absolute atomic E-state index is 5.84. The van der Waals surface area contributed by atoms with Crippen LogP contribution in [0, 0.1) is 5.92 Å². The number of ether oxygens (including phenoxy) is 2. The van der Waals surface area contributed by atoms with E-state index in [1.165, 1.54) is 25.7 Å². The molecular formula is C14H19NO2S. The first-order valence-corrected chi connectivity index (χ1v) is 6.72. The molecule has 98 valence electrons. The summed E-state index contributed by atoms with van der Waals surface area (Å²) < 4.78 is 11.1. The molecule has 0 radical (unpaired) electrons. The highest BCUT2D eigenvalue weighted by Crippen LogP contribution is 2.31. The summed E-state index contributed by atoms with van der Waals surface area (Å²) in [5.41, 5.74) is 6.40. The first kappa shape index (κ1) is 13.1. The summed E-state index contributed by atoms with van der Waals surface area (Å²) in [6, 6.07) is 5.57. The lowest BCUT2D eigenvalue weighted by atomic mass is 10.1. The number of nitrogens with two attached hydrogens (primary N) is 1. The molecule has 0 aliphatic heterocycles. The van der Waals surface area contributed by atoms with E-state index in [1.807, 2.05) is 18.2 Å². The van der Waals surface area contributed by atoms with Gasteiger partial charge in [0.25, 0.3) is 0 Å². The van der Waals surface area contributed by atoms with Crippen LogP contribution in [0.3, 0.4) is 0 Å². The number of thiocarbonyl (C=S) groups is 1. The summed E-state index contributed by atoms with van der Waals surface area (Å²) in [6.07, 6.45) is 5.19. The minimum absolute atomic E-state index is 0.371. The van der Waals surface area contributed by atoms with E-state index < -0.39 is 0 Å². The van der Waals surface area contributed by atoms with Crippen LogP contribution in [0.2, 0.25) is 0 Å². The predicted molar refractivity (Wildman–Crippen MR) is 76.3 cm³/mol. The lowest BCUT2D eigenvalue weighted by Crippen LogP contribution is -2.11. The summed E-state index contributed by atoms with van der Waals surface area (Å²) >= 11 is 4.95. The summed E-state index contributed by atoms with van der Waals surface area (Å²) in [5.74, 6) is 2.15. The van der Waals surface area contributed by atoms with E-state index in [1.54, 1.807) is 7.11 Å². The number of methoxy groups -OCH3 is 1. The van der Waals surface area contributed by atoms with Crippen molar-refractivity contribution in [1.82, 2.24) is 0 Å². The fourth-order valence-electron chi connectivity index (χ4n) is 2.32. The fraction of sp³-hybridized carbons (Fsp3) is 0.500. The first-order valence-electron chi connectivity index (χ1n) is 6.31. The third-order valence-electron chi connectivity index (χ3n) is 3.40. The van der Waals surface area contributed by atoms with Gasteiger partial charge in [-0.05, 0) is 37.0 Å². The molecule has 1 saturated carbocycles. The number of hydrogen-bond acceptors (Lipinski definition) is 3. The van der Waals surface area contributed by atoms with Crippen molar-refractivity contribution < 1.29 is 9.47 Å². The van der Waals surface area contributed by atoms with Crippen molar-refractivity contribution in [3.63, 3.8) is 0 Å². The zero-order valence-electron chi connectivity index (χ0n) is 10.6. The van der Waals surface area contributed by atoms with Crippen molar-refractivity contribution in [3.05, 3.63) is 23.8 Å². The molecule has 1 aromatic rings. The Balaban J connectivity index is 2.04. The molecule has 0 unspecified atom stereocenters. The molecule has 1 aliphatic rings. The highest BCUT2D eigenvalue weighted by molar-refractivity contribution is 7.80. The lowest BCUT2D eigenvalue weighted by molar-refractivity contribution is 0.240. The number of benzene rings is 1. The van der Waals surface area contributed by atoms with Gasteiger partial charge in [-0.25, -0.2) is 0 Å². The zero-order chi connectivity index (χ0) is 13.0. The summed E-state index contributed by atoms with van der Waals surface area (Å²) in [6.45, 7) is 0.767. The molecule has 2 N–H and O–H groups in total. The standard InChI is InChI=1S/C14H19NO2S/c1-16-13-8-11(14(15)18)6-7-12(13)17-9-10-4-2-3-5-10/h6-8,10H,2-5,9H2,1H3,(H2,15,18). The second kappa shape index (κ2) is 6.05. The third kappa shape index (κ3) is 3.13. The van der Waals surface area contributed by atoms with Crippen molar-refractivity contribution in [2.45, 2.75) is 25.7 Å². The Labute approximate surface area is 113 Å². The molecule has 0 atom stereocenters. The lowest BCUT2D eigenvalue weighted by Gasteiger charge is -2.14. The molecule has 0 amide bonds. The van der Waals surface area contributed by atoms with Gasteiger partial charge >= 0.3 is 0 Å². The smallest absolute Gasteiger partial charge is 0.161 e. The predicted octanol–water partition coefficient (Wildman–Crippen LogP) is 2.90. The second-order valence-corrected chi connectivity index (χ2v) is 5.13. The molecule has 18 heavy (non-hydrogen) atoms. The van der Waals surface area contributed by atoms with Gasteiger partial charge in [-0.1, -0.05) is 25.1 Å². The van der Waals surface area contributed by atoms with Gasteiger partial charge in [0.05, 0.1) is 13.7 Å². The minimum Gasteiger partial charge on any atom is -0.493 e. The van der Waals surface area contributed by atoms with Gasteiger partial charge < -0.3 is 15.2 Å². The van der Waals surface area contributed by atoms with E-state index in [-0.39, 0.29) is 0 Å². The minimum atomic E-state index is 0.371. The fourth-order valence-corrected chi connectivity index (χ4v) is 2.45. The van der Waals surface area contributed by atoms with Crippen molar-refractivity contribution in [2.24, 2.45) is 11.7 Å². The van der Waals surface area contributed by atoms with Crippen LogP contribution in [0.25, 0.3) is 0 Å². The Morgan fingerprint density at radius 1 is 1.33 bits per heavy atom. The Morgan fingerprint density at radius 2 is 2.06 bits per heavy atom. The number of hydrogen-bond donors (Lipinski definition) is 1. The van der Waals surface area contributed by atoms with Crippen LogP contribution in [0.4, 0.5) is 0 Å². The van der Waals surface area contributed by atoms with E-state index in [9.17, 15) is 0 Å². The third-order valence-corrected chi connectivity index (χ3v) is 3.63. The van der Waals surface area contributed by atoms with E-state index in [0.29, 0.717) is 16.7 Å². The molecule has 0 bridgehead atoms. The molecule has 1 aromatic carbocycles. The van der Waals surface area contributed by atoms with Gasteiger partial charge in [-0.15, -0.1) is 0 Å². The molecule has 4 heteroatoms. The van der Waals surface area contributed by atoms with Gasteiger partial charge in [0, 0.05) is 5.56 Å². The van der Waals surface area contributed by atoms with Crippen LogP contribution in [-0.4, -0.2) is 18.7 Å². The average Bonchev–Trinajstić information content (AvgIpc) is 2.89. The molecular weight excluding hydrogens is 246 g/mol. The molecule has 1 aliphatic carbocycles. The first-order chi connectivity index (χ1) is 8.70. The maximum atomic E-state index is 5.84. The van der Waals surface area contributed by atoms with Crippen molar-refractivity contribution >= 4 is 17.2 Å². The molecule has 0 heterocycles. The van der Waals surface area contributed by atoms with Gasteiger partial charge in [0.1, 0.15) is 4.99 Å². The quantitative estimate of drug-likeness (QED) is 0.831. The van der Waals surface area contributed by atoms with Crippen molar-refractivity contribution in [3.8, 4) is 11.5 Å². The molecule has 0 saturated heterocycles. The topological polar surface area (TPSA) is 44.5 Å². The molecule has 0 spiro atoms. The van der Waals surface area contributed by atoms with Crippen LogP contribution in [0.1, 0.15) is 31.2 Å². The molecule has 3 nitrogen and oxygen atoms in total. The van der Waals surface area contributed by atoms with Crippen LogP contribution < -0.4 is 15.2 Å². The zero-order valence-corrected chi connectivity index (χ0v) is 11.5. The average molecular weight is 265 g/mol. The van der Waals surface area contributed by atoms with E-state index in [2.05, 4.69) is 0 Å². The second-order valence-electron chi connectivity index (χ2n) is 4.69. The normalized spacial score (nSPS) is 15.6. The SMILES string of the molecule is COc1cc(C(N)=S)ccc1OCC1CCCC1. The van der Waals surface area contributed by atoms with Crippen LogP contribution in [0.5, 0.6) is 11.5 Å². The molecule has 2 rings (SSSR count). The van der Waals surface area contributed by atoms with Crippen molar-refractivity contribution in [1.29, 1.82) is 0 Å². The van der Waals surface area contributed by atoms with Crippen LogP contribution >= 0.6 is 12.2 Å². The van der Waals surface area contributed by atoms with Gasteiger partial charge in [-0.3, -0.25) is 0 Å². The van der Waals surface area contributed by atoms with Gasteiger partial charge in [-0.2, -0.15) is 0 Å². The largest absolute Gasteiger partial charge is 0.493 e. The molecule has 1 fully saturated rings. The summed E-state index contributed by atoms with van der Waals surface area (Å²) in [4.78, 5) is 0.371. The highest BCUT2D eigenvalue weighted by Gasteiger charge is 2.16. The van der Waals surface area contributed by atoms with Gasteiger partial charge in [0.15, 0.2) is 11.5 Å². The summed E-state index contributed by atoms with van der Waals surface area (Å²) in [5, 5.41) is 0.